The summed E-state index contributed by atoms with van der Waals surface area (Å²) in [7, 11) is 0. The molecule has 28 heavy (non-hydrogen) atoms. The Labute approximate surface area is 167 Å². The second kappa shape index (κ2) is 11.6. The Hall–Kier alpha value is -2.25. The van der Waals surface area contributed by atoms with E-state index in [2.05, 4.69) is 37.7 Å². The fraction of sp³-hybridized carbons (Fsp3) is 0.571. The number of benzene rings is 1. The molecule has 7 nitrogen and oxygen atoms in total. The number of unbranched alkanes of at least 4 members (excludes halogenated alkanes) is 2. The summed E-state index contributed by atoms with van der Waals surface area (Å²) in [6.07, 6.45) is 6.92. The number of hydrogen-bond donors (Lipinski definition) is 0. The Morgan fingerprint density at radius 1 is 0.964 bits per heavy atom. The van der Waals surface area contributed by atoms with Crippen molar-refractivity contribution in [3.8, 4) is 5.69 Å². The molecule has 1 aromatic heterocycles. The Morgan fingerprint density at radius 3 is 2.00 bits per heavy atom. The minimum absolute atomic E-state index is 0.125. The summed E-state index contributed by atoms with van der Waals surface area (Å²) >= 11 is 0. The second-order valence-electron chi connectivity index (χ2n) is 6.57. The Morgan fingerprint density at radius 2 is 1.54 bits per heavy atom. The van der Waals surface area contributed by atoms with Crippen LogP contribution in [0.4, 0.5) is 5.95 Å². The van der Waals surface area contributed by atoms with Crippen molar-refractivity contribution in [3.63, 3.8) is 0 Å². The smallest absolute Gasteiger partial charge is 0.250 e. The van der Waals surface area contributed by atoms with Gasteiger partial charge in [-0.15, -0.1) is 0 Å². The van der Waals surface area contributed by atoms with E-state index >= 15 is 0 Å². The lowest BCUT2D eigenvalue weighted by Crippen LogP contribution is -2.32. The van der Waals surface area contributed by atoms with Crippen molar-refractivity contribution in [1.29, 1.82) is 0 Å². The van der Waals surface area contributed by atoms with Gasteiger partial charge in [-0.05, 0) is 36.8 Å². The Balaban J connectivity index is 2.34. The fourth-order valence-electron chi connectivity index (χ4n) is 2.83. The van der Waals surface area contributed by atoms with Gasteiger partial charge in [0, 0.05) is 0 Å². The molecular formula is C21H32N4O3. The topological polar surface area (TPSA) is 69.5 Å². The molecule has 0 aliphatic carbocycles. The van der Waals surface area contributed by atoms with Crippen LogP contribution in [0.5, 0.6) is 0 Å². The molecule has 2 aromatic rings. The number of para-hydroxylation sites is 1. The van der Waals surface area contributed by atoms with Crippen LogP contribution >= 0.6 is 0 Å². The van der Waals surface area contributed by atoms with Gasteiger partial charge >= 0.3 is 5.69 Å². The monoisotopic (exact) mass is 388 g/mol. The maximum atomic E-state index is 12.8. The number of aromatic nitrogens is 3. The molecule has 7 heteroatoms. The highest BCUT2D eigenvalue weighted by Crippen LogP contribution is 2.20. The first kappa shape index (κ1) is 22.0. The third-order valence-corrected chi connectivity index (χ3v) is 4.47. The first-order chi connectivity index (χ1) is 13.7. The maximum Gasteiger partial charge on any atom is 0.356 e. The molecule has 2 rings (SSSR count). The number of anilines is 1. The van der Waals surface area contributed by atoms with Gasteiger partial charge in [0.2, 0.25) is 0 Å². The van der Waals surface area contributed by atoms with Gasteiger partial charge in [-0.1, -0.05) is 64.0 Å². The highest BCUT2D eigenvalue weighted by Gasteiger charge is 2.16. The molecular weight excluding hydrogens is 356 g/mol. The fourth-order valence-corrected chi connectivity index (χ4v) is 2.83. The molecule has 1 aromatic carbocycles. The maximum absolute atomic E-state index is 12.8. The zero-order valence-corrected chi connectivity index (χ0v) is 17.5. The van der Waals surface area contributed by atoms with Gasteiger partial charge in [0.25, 0.3) is 5.95 Å². The van der Waals surface area contributed by atoms with Gasteiger partial charge in [0.05, 0.1) is 18.9 Å². The Kier molecular flexibility index (Phi) is 9.10. The quantitative estimate of drug-likeness (QED) is 0.404. The van der Waals surface area contributed by atoms with Crippen LogP contribution in [0.25, 0.3) is 5.69 Å². The first-order valence-electron chi connectivity index (χ1n) is 10.3. The van der Waals surface area contributed by atoms with Gasteiger partial charge in [0.15, 0.2) is 0 Å². The average Bonchev–Trinajstić information content (AvgIpc) is 2.72. The van der Waals surface area contributed by atoms with Crippen LogP contribution in [-0.2, 0) is 22.5 Å². The van der Waals surface area contributed by atoms with Crippen LogP contribution in [0.3, 0.4) is 0 Å². The molecule has 154 valence electrons. The molecule has 0 saturated heterocycles. The van der Waals surface area contributed by atoms with E-state index in [4.69, 9.17) is 9.68 Å². The summed E-state index contributed by atoms with van der Waals surface area (Å²) in [5.41, 5.74) is 2.65. The number of rotatable bonds is 12. The molecule has 0 atom stereocenters. The third kappa shape index (κ3) is 5.62. The summed E-state index contributed by atoms with van der Waals surface area (Å²) < 4.78 is 1.51. The van der Waals surface area contributed by atoms with Gasteiger partial charge in [-0.2, -0.15) is 9.97 Å². The molecule has 0 aliphatic rings. The lowest BCUT2D eigenvalue weighted by molar-refractivity contribution is -0.0944. The summed E-state index contributed by atoms with van der Waals surface area (Å²) in [6.45, 7) is 9.27. The van der Waals surface area contributed by atoms with E-state index in [9.17, 15) is 4.79 Å². The average molecular weight is 389 g/mol. The van der Waals surface area contributed by atoms with Gasteiger partial charge < -0.3 is 0 Å². The van der Waals surface area contributed by atoms with E-state index in [0.29, 0.717) is 13.2 Å². The van der Waals surface area contributed by atoms with Crippen molar-refractivity contribution in [1.82, 2.24) is 14.5 Å². The van der Waals surface area contributed by atoms with Crippen LogP contribution in [-0.4, -0.2) is 27.7 Å². The molecule has 1 heterocycles. The molecule has 0 radical (unpaired) electrons. The zero-order chi connectivity index (χ0) is 20.4. The standard InChI is InChI=1S/C21H32N4O3/c1-5-9-14-27-25(28-15-10-6-2)20-22-16-24(21(26)23-20)19-17(7-3)12-11-13-18(19)8-4/h11-13,16H,5-10,14-15H2,1-4H3. The molecule has 0 bridgehead atoms. The molecule has 0 unspecified atom stereocenters. The van der Waals surface area contributed by atoms with E-state index in [-0.39, 0.29) is 5.95 Å². The van der Waals surface area contributed by atoms with Gasteiger partial charge in [-0.3, -0.25) is 4.57 Å². The van der Waals surface area contributed by atoms with Crippen LogP contribution in [0.2, 0.25) is 0 Å². The predicted octanol–water partition coefficient (Wildman–Crippen LogP) is 4.02. The van der Waals surface area contributed by atoms with E-state index in [1.807, 2.05) is 18.2 Å². The normalized spacial score (nSPS) is 11.0. The van der Waals surface area contributed by atoms with Crippen molar-refractivity contribution in [2.75, 3.05) is 18.4 Å². The lowest BCUT2D eigenvalue weighted by atomic mass is 10.0. The minimum Gasteiger partial charge on any atom is -0.250 e. The zero-order valence-electron chi connectivity index (χ0n) is 17.5. The van der Waals surface area contributed by atoms with E-state index in [1.165, 1.54) is 16.1 Å². The largest absolute Gasteiger partial charge is 0.356 e. The van der Waals surface area contributed by atoms with Crippen molar-refractivity contribution in [2.45, 2.75) is 66.2 Å². The Bertz CT molecular complexity index is 759. The van der Waals surface area contributed by atoms with Crippen LogP contribution in [0, 0.1) is 0 Å². The summed E-state index contributed by atoms with van der Waals surface area (Å²) in [5, 5.41) is 1.18. The van der Waals surface area contributed by atoms with E-state index < -0.39 is 5.69 Å². The van der Waals surface area contributed by atoms with E-state index in [0.717, 1.165) is 55.3 Å². The van der Waals surface area contributed by atoms with Crippen LogP contribution in [0.15, 0.2) is 29.3 Å². The van der Waals surface area contributed by atoms with Gasteiger partial charge in [-0.25, -0.2) is 14.5 Å². The predicted molar refractivity (Wildman–Crippen MR) is 111 cm³/mol. The minimum atomic E-state index is -0.399. The summed E-state index contributed by atoms with van der Waals surface area (Å²) in [4.78, 5) is 32.6. The van der Waals surface area contributed by atoms with Crippen molar-refractivity contribution < 1.29 is 9.68 Å². The first-order valence-corrected chi connectivity index (χ1v) is 10.3. The lowest BCUT2D eigenvalue weighted by Gasteiger charge is -2.21. The van der Waals surface area contributed by atoms with Crippen molar-refractivity contribution >= 4 is 5.95 Å². The number of aryl methyl sites for hydroxylation is 2. The SMILES string of the molecule is CCCCON(OCCCC)c1ncn(-c2c(CC)cccc2CC)c(=O)n1. The van der Waals surface area contributed by atoms with E-state index in [1.54, 1.807) is 0 Å². The molecule has 0 amide bonds. The summed E-state index contributed by atoms with van der Waals surface area (Å²) in [5.74, 6) is 0.125. The second-order valence-corrected chi connectivity index (χ2v) is 6.57. The highest BCUT2D eigenvalue weighted by molar-refractivity contribution is 5.48. The summed E-state index contributed by atoms with van der Waals surface area (Å²) in [6, 6.07) is 6.08. The van der Waals surface area contributed by atoms with Crippen LogP contribution < -0.4 is 10.9 Å². The number of hydrogen-bond acceptors (Lipinski definition) is 6. The molecule has 0 N–H and O–H groups in total. The molecule has 0 aliphatic heterocycles. The van der Waals surface area contributed by atoms with Crippen LogP contribution in [0.1, 0.15) is 64.5 Å². The van der Waals surface area contributed by atoms with Crippen molar-refractivity contribution in [3.05, 3.63) is 46.1 Å². The molecule has 0 spiro atoms. The number of nitrogens with zero attached hydrogens (tertiary/aromatic N) is 4. The highest BCUT2D eigenvalue weighted by atomic mass is 16.9. The third-order valence-electron chi connectivity index (χ3n) is 4.47. The van der Waals surface area contributed by atoms with Gasteiger partial charge in [0.1, 0.15) is 6.33 Å². The molecule has 0 fully saturated rings. The van der Waals surface area contributed by atoms with Crippen molar-refractivity contribution in [2.24, 2.45) is 0 Å². The molecule has 0 saturated carbocycles.